The number of likely N-dealkylation sites (N-methyl/N-ethyl adjacent to an activating group) is 1. The molecule has 0 aliphatic rings. The highest BCUT2D eigenvalue weighted by atomic mass is 79.9. The van der Waals surface area contributed by atoms with Gasteiger partial charge in [0.15, 0.2) is 9.84 Å². The van der Waals surface area contributed by atoms with E-state index in [-0.39, 0.29) is 17.3 Å². The van der Waals surface area contributed by atoms with E-state index in [2.05, 4.69) is 21.2 Å². The Kier molecular flexibility index (Phi) is 7.17. The highest BCUT2D eigenvalue weighted by Crippen LogP contribution is 2.27. The van der Waals surface area contributed by atoms with E-state index in [1.54, 1.807) is 58.0 Å². The van der Waals surface area contributed by atoms with Gasteiger partial charge in [0, 0.05) is 40.3 Å². The number of hydrogen-bond donors (Lipinski definition) is 1. The van der Waals surface area contributed by atoms with Crippen LogP contribution in [0.2, 0.25) is 0 Å². The van der Waals surface area contributed by atoms with E-state index in [0.29, 0.717) is 29.7 Å². The maximum Gasteiger partial charge on any atom is 0.242 e. The molecule has 1 N–H and O–H groups in total. The number of hydrogen-bond acceptors (Lipinski definition) is 4. The lowest BCUT2D eigenvalue weighted by Gasteiger charge is -2.19. The predicted octanol–water partition coefficient (Wildman–Crippen LogP) is 3.68. The van der Waals surface area contributed by atoms with Crippen LogP contribution in [-0.2, 0) is 26.0 Å². The number of anilines is 1. The van der Waals surface area contributed by atoms with Crippen molar-refractivity contribution in [3.63, 3.8) is 0 Å². The highest BCUT2D eigenvalue weighted by Gasteiger charge is 2.25. The molecule has 0 saturated carbocycles. The Bertz CT molecular complexity index is 1200. The summed E-state index contributed by atoms with van der Waals surface area (Å²) in [7, 11) is -3.93. The molecule has 2 amide bonds. The molecule has 31 heavy (non-hydrogen) atoms. The van der Waals surface area contributed by atoms with Crippen LogP contribution in [0.25, 0.3) is 10.9 Å². The first-order valence-electron chi connectivity index (χ1n) is 9.89. The molecule has 0 bridgehead atoms. The fraction of sp³-hybridized carbons (Fsp3) is 0.273. The molecule has 0 radical (unpaired) electrons. The maximum absolute atomic E-state index is 13.1. The summed E-state index contributed by atoms with van der Waals surface area (Å²) in [5, 5.41) is 3.10. The average molecular weight is 506 g/mol. The average Bonchev–Trinajstić information content (AvgIpc) is 3.10. The van der Waals surface area contributed by atoms with Gasteiger partial charge in [0.05, 0.1) is 4.90 Å². The van der Waals surface area contributed by atoms with Crippen LogP contribution >= 0.6 is 15.9 Å². The van der Waals surface area contributed by atoms with E-state index in [9.17, 15) is 18.0 Å². The lowest BCUT2D eigenvalue weighted by Crippen LogP contribution is -2.33. The van der Waals surface area contributed by atoms with Gasteiger partial charge in [-0.15, -0.1) is 0 Å². The molecule has 0 aliphatic heterocycles. The number of carbonyl (C=O) groups is 2. The van der Waals surface area contributed by atoms with Gasteiger partial charge in [-0.25, -0.2) is 8.42 Å². The summed E-state index contributed by atoms with van der Waals surface area (Å²) in [4.78, 5) is 26.7. The minimum absolute atomic E-state index is 0.0306. The number of carbonyl (C=O) groups excluding carboxylic acids is 2. The summed E-state index contributed by atoms with van der Waals surface area (Å²) >= 11 is 3.31. The summed E-state index contributed by atoms with van der Waals surface area (Å²) < 4.78 is 28.6. The molecule has 1 heterocycles. The number of nitrogens with zero attached hydrogens (tertiary/aromatic N) is 2. The van der Waals surface area contributed by atoms with Crippen LogP contribution in [0, 0.1) is 0 Å². The van der Waals surface area contributed by atoms with E-state index in [1.807, 2.05) is 13.8 Å². The largest absolute Gasteiger partial charge is 0.342 e. The van der Waals surface area contributed by atoms with Crippen molar-refractivity contribution in [2.75, 3.05) is 24.2 Å². The van der Waals surface area contributed by atoms with Crippen molar-refractivity contribution in [2.24, 2.45) is 0 Å². The third kappa shape index (κ3) is 5.34. The SMILES string of the molecule is CCN(CC)C(=O)Cn1cc(S(=O)(=O)CC(=O)Nc2ccc(Br)cc2)c2ccccc21. The lowest BCUT2D eigenvalue weighted by atomic mass is 10.2. The van der Waals surface area contributed by atoms with Gasteiger partial charge in [0.1, 0.15) is 12.3 Å². The normalized spacial score (nSPS) is 11.5. The van der Waals surface area contributed by atoms with Crippen LogP contribution in [-0.4, -0.2) is 48.5 Å². The molecule has 1 aromatic heterocycles. The number of aromatic nitrogens is 1. The monoisotopic (exact) mass is 505 g/mol. The molecular formula is C22H24BrN3O4S. The summed E-state index contributed by atoms with van der Waals surface area (Å²) in [5.74, 6) is -1.41. The first-order valence-corrected chi connectivity index (χ1v) is 12.3. The van der Waals surface area contributed by atoms with E-state index in [1.165, 1.54) is 6.20 Å². The Morgan fingerprint density at radius 1 is 1.03 bits per heavy atom. The van der Waals surface area contributed by atoms with Gasteiger partial charge >= 0.3 is 0 Å². The lowest BCUT2D eigenvalue weighted by molar-refractivity contribution is -0.131. The molecule has 0 aliphatic carbocycles. The zero-order valence-corrected chi connectivity index (χ0v) is 19.7. The molecule has 7 nitrogen and oxygen atoms in total. The Balaban J connectivity index is 1.87. The molecule has 9 heteroatoms. The fourth-order valence-corrected chi connectivity index (χ4v) is 5.03. The molecule has 0 atom stereocenters. The van der Waals surface area contributed by atoms with Crippen molar-refractivity contribution in [2.45, 2.75) is 25.3 Å². The fourth-order valence-electron chi connectivity index (χ4n) is 3.39. The van der Waals surface area contributed by atoms with Gasteiger partial charge < -0.3 is 14.8 Å². The number of fused-ring (bicyclic) bond motifs is 1. The zero-order chi connectivity index (χ0) is 22.6. The number of rotatable bonds is 8. The summed E-state index contributed by atoms with van der Waals surface area (Å²) in [5.41, 5.74) is 1.14. The number of halogens is 1. The Hall–Kier alpha value is -2.65. The second-order valence-corrected chi connectivity index (χ2v) is 9.89. The van der Waals surface area contributed by atoms with Crippen molar-refractivity contribution in [1.29, 1.82) is 0 Å². The van der Waals surface area contributed by atoms with Gasteiger partial charge in [-0.1, -0.05) is 34.1 Å². The number of sulfone groups is 1. The molecule has 3 aromatic rings. The Morgan fingerprint density at radius 3 is 2.32 bits per heavy atom. The molecular weight excluding hydrogens is 482 g/mol. The Morgan fingerprint density at radius 2 is 1.68 bits per heavy atom. The standard InChI is InChI=1S/C22H24BrN3O4S/c1-3-25(4-2)22(28)14-26-13-20(18-7-5-6-8-19(18)26)31(29,30)15-21(27)24-17-11-9-16(23)10-12-17/h5-13H,3-4,14-15H2,1-2H3,(H,24,27). The van der Waals surface area contributed by atoms with Crippen molar-refractivity contribution < 1.29 is 18.0 Å². The minimum Gasteiger partial charge on any atom is -0.342 e. The van der Waals surface area contributed by atoms with Crippen LogP contribution in [0.4, 0.5) is 5.69 Å². The van der Waals surface area contributed by atoms with Gasteiger partial charge in [0.2, 0.25) is 11.8 Å². The van der Waals surface area contributed by atoms with Gasteiger partial charge in [-0.2, -0.15) is 0 Å². The predicted molar refractivity (Wildman–Crippen MR) is 125 cm³/mol. The van der Waals surface area contributed by atoms with Crippen molar-refractivity contribution in [1.82, 2.24) is 9.47 Å². The van der Waals surface area contributed by atoms with E-state index in [0.717, 1.165) is 4.47 Å². The van der Waals surface area contributed by atoms with Crippen LogP contribution in [0.3, 0.4) is 0 Å². The molecule has 2 aromatic carbocycles. The summed E-state index contributed by atoms with van der Waals surface area (Å²) in [6, 6.07) is 13.9. The third-order valence-corrected chi connectivity index (χ3v) is 7.12. The highest BCUT2D eigenvalue weighted by molar-refractivity contribution is 9.10. The summed E-state index contributed by atoms with van der Waals surface area (Å²) in [6.07, 6.45) is 1.45. The number of nitrogens with one attached hydrogen (secondary N) is 1. The smallest absolute Gasteiger partial charge is 0.242 e. The molecule has 0 unspecified atom stereocenters. The van der Waals surface area contributed by atoms with E-state index < -0.39 is 21.5 Å². The van der Waals surface area contributed by atoms with Gasteiger partial charge in [0.25, 0.3) is 0 Å². The first kappa shape index (κ1) is 23.0. The molecule has 3 rings (SSSR count). The van der Waals surface area contributed by atoms with Crippen LogP contribution in [0.1, 0.15) is 13.8 Å². The van der Waals surface area contributed by atoms with E-state index >= 15 is 0 Å². The second kappa shape index (κ2) is 9.65. The third-order valence-electron chi connectivity index (χ3n) is 4.96. The number of benzene rings is 2. The van der Waals surface area contributed by atoms with E-state index in [4.69, 9.17) is 0 Å². The molecule has 164 valence electrons. The van der Waals surface area contributed by atoms with Crippen LogP contribution < -0.4 is 5.32 Å². The number of amides is 2. The second-order valence-electron chi connectivity index (χ2n) is 7.02. The topological polar surface area (TPSA) is 88.5 Å². The van der Waals surface area contributed by atoms with Crippen molar-refractivity contribution in [3.8, 4) is 0 Å². The quantitative estimate of drug-likeness (QED) is 0.505. The van der Waals surface area contributed by atoms with Crippen LogP contribution in [0.5, 0.6) is 0 Å². The summed E-state index contributed by atoms with van der Waals surface area (Å²) in [6.45, 7) is 4.98. The van der Waals surface area contributed by atoms with Crippen molar-refractivity contribution >= 4 is 54.2 Å². The minimum atomic E-state index is -3.93. The van der Waals surface area contributed by atoms with Gasteiger partial charge in [-0.3, -0.25) is 9.59 Å². The zero-order valence-electron chi connectivity index (χ0n) is 17.3. The van der Waals surface area contributed by atoms with Gasteiger partial charge in [-0.05, 0) is 44.2 Å². The molecule has 0 fully saturated rings. The first-order chi connectivity index (χ1) is 14.7. The van der Waals surface area contributed by atoms with Crippen LogP contribution in [0.15, 0.2) is 64.1 Å². The maximum atomic E-state index is 13.1. The Labute approximate surface area is 190 Å². The van der Waals surface area contributed by atoms with Crippen molar-refractivity contribution in [3.05, 3.63) is 59.2 Å². The molecule has 0 spiro atoms. The number of para-hydroxylation sites is 1. The molecule has 0 saturated heterocycles.